The number of halogens is 3. The molecule has 4 rings (SSSR count). The van der Waals surface area contributed by atoms with E-state index in [2.05, 4.69) is 4.90 Å². The van der Waals surface area contributed by atoms with Gasteiger partial charge in [0.25, 0.3) is 11.8 Å². The molecule has 0 bridgehead atoms. The number of benzene rings is 3. The number of piperazine rings is 1. The number of alkyl halides is 3. The van der Waals surface area contributed by atoms with E-state index in [-0.39, 0.29) is 11.5 Å². The number of carbonyl (C=O) groups excluding carboxylic acids is 2. The Hall–Kier alpha value is -4.31. The van der Waals surface area contributed by atoms with Crippen LogP contribution in [-0.4, -0.2) is 86.5 Å². The fourth-order valence-corrected chi connectivity index (χ4v) is 4.75. The van der Waals surface area contributed by atoms with Crippen molar-refractivity contribution in [1.82, 2.24) is 14.7 Å². The van der Waals surface area contributed by atoms with Crippen LogP contribution >= 0.6 is 0 Å². The van der Waals surface area contributed by atoms with Gasteiger partial charge in [0.15, 0.2) is 0 Å². The highest BCUT2D eigenvalue weighted by Gasteiger charge is 2.32. The summed E-state index contributed by atoms with van der Waals surface area (Å²) in [7, 11) is 3.18. The molecule has 0 atom stereocenters. The van der Waals surface area contributed by atoms with Crippen LogP contribution in [0.5, 0.6) is 11.5 Å². The van der Waals surface area contributed by atoms with Gasteiger partial charge in [0.05, 0.1) is 19.8 Å². The van der Waals surface area contributed by atoms with Crippen molar-refractivity contribution in [2.24, 2.45) is 0 Å². The Bertz CT molecular complexity index is 1380. The molecule has 1 aliphatic rings. The molecule has 2 amide bonds. The Morgan fingerprint density at radius 2 is 1.60 bits per heavy atom. The lowest BCUT2D eigenvalue weighted by atomic mass is 10.1. The van der Waals surface area contributed by atoms with Gasteiger partial charge in [-0.1, -0.05) is 36.4 Å². The van der Waals surface area contributed by atoms with Crippen LogP contribution < -0.4 is 9.47 Å². The van der Waals surface area contributed by atoms with Gasteiger partial charge < -0.3 is 19.3 Å². The van der Waals surface area contributed by atoms with Crippen molar-refractivity contribution in [3.05, 3.63) is 101 Å². The third-order valence-electron chi connectivity index (χ3n) is 7.17. The minimum absolute atomic E-state index is 0.0244. The third-order valence-corrected chi connectivity index (χ3v) is 7.17. The molecule has 7 nitrogen and oxygen atoms in total. The number of para-hydroxylation sites is 1. The number of methoxy groups -OCH3 is 2. The number of hydrogen-bond donors (Lipinski definition) is 0. The van der Waals surface area contributed by atoms with Gasteiger partial charge in [0, 0.05) is 62.5 Å². The van der Waals surface area contributed by atoms with E-state index in [4.69, 9.17) is 9.47 Å². The summed E-state index contributed by atoms with van der Waals surface area (Å²) in [4.78, 5) is 31.8. The molecule has 222 valence electrons. The minimum Gasteiger partial charge on any atom is -0.497 e. The van der Waals surface area contributed by atoms with Crippen LogP contribution in [0.2, 0.25) is 0 Å². The van der Waals surface area contributed by atoms with Crippen LogP contribution in [-0.2, 0) is 6.18 Å². The predicted octanol–water partition coefficient (Wildman–Crippen LogP) is 5.34. The van der Waals surface area contributed by atoms with Crippen molar-refractivity contribution >= 4 is 17.9 Å². The first-order valence-electron chi connectivity index (χ1n) is 13.6. The molecule has 3 aromatic carbocycles. The van der Waals surface area contributed by atoms with E-state index in [0.717, 1.165) is 23.4 Å². The van der Waals surface area contributed by atoms with Gasteiger partial charge in [-0.15, -0.1) is 0 Å². The van der Waals surface area contributed by atoms with Crippen molar-refractivity contribution in [3.63, 3.8) is 0 Å². The number of carbonyl (C=O) groups is 2. The van der Waals surface area contributed by atoms with E-state index in [1.807, 2.05) is 36.4 Å². The lowest BCUT2D eigenvalue weighted by Crippen LogP contribution is -2.50. The monoisotopic (exact) mass is 581 g/mol. The Morgan fingerprint density at radius 3 is 2.26 bits per heavy atom. The molecule has 0 aromatic heterocycles. The SMILES string of the molecule is COc1ccc(C(=O)N(CC=Cc2ccccc2OC)CCN2CCN(C(=O)c3cccc(C(F)(F)F)c3)CC2)cc1. The second-order valence-electron chi connectivity index (χ2n) is 9.84. The maximum absolute atomic E-state index is 13.5. The standard InChI is InChI=1S/C32H34F3N3O4/c1-41-28-14-12-25(13-15-28)30(39)37(16-6-9-24-7-3-4-11-29(24)42-2)20-17-36-18-21-38(22-19-36)31(40)26-8-5-10-27(23-26)32(33,34)35/h3-15,23H,16-22H2,1-2H3. The highest BCUT2D eigenvalue weighted by atomic mass is 19.4. The summed E-state index contributed by atoms with van der Waals surface area (Å²) in [5, 5.41) is 0. The number of rotatable bonds is 10. The molecule has 1 fully saturated rings. The molecule has 0 unspecified atom stereocenters. The molecule has 1 heterocycles. The second kappa shape index (κ2) is 14.0. The van der Waals surface area contributed by atoms with Crippen molar-refractivity contribution in [2.45, 2.75) is 6.18 Å². The molecule has 0 N–H and O–H groups in total. The summed E-state index contributed by atoms with van der Waals surface area (Å²) in [6.45, 7) is 3.26. The topological polar surface area (TPSA) is 62.3 Å². The van der Waals surface area contributed by atoms with E-state index < -0.39 is 17.6 Å². The van der Waals surface area contributed by atoms with Gasteiger partial charge in [0.1, 0.15) is 11.5 Å². The van der Waals surface area contributed by atoms with E-state index in [0.29, 0.717) is 57.1 Å². The van der Waals surface area contributed by atoms with Gasteiger partial charge in [-0.3, -0.25) is 14.5 Å². The van der Waals surface area contributed by atoms with Crippen LogP contribution in [0.15, 0.2) is 78.9 Å². The maximum atomic E-state index is 13.5. The average molecular weight is 582 g/mol. The summed E-state index contributed by atoms with van der Waals surface area (Å²) < 4.78 is 49.9. The molecule has 10 heteroatoms. The second-order valence-corrected chi connectivity index (χ2v) is 9.84. The van der Waals surface area contributed by atoms with E-state index >= 15 is 0 Å². The normalized spacial score (nSPS) is 14.2. The molecule has 3 aromatic rings. The van der Waals surface area contributed by atoms with Gasteiger partial charge in [-0.05, 0) is 48.5 Å². The molecule has 0 spiro atoms. The highest BCUT2D eigenvalue weighted by molar-refractivity contribution is 5.95. The number of hydrogen-bond acceptors (Lipinski definition) is 5. The van der Waals surface area contributed by atoms with Gasteiger partial charge in [0.2, 0.25) is 0 Å². The fourth-order valence-electron chi connectivity index (χ4n) is 4.75. The van der Waals surface area contributed by atoms with Gasteiger partial charge in [-0.25, -0.2) is 0 Å². The smallest absolute Gasteiger partial charge is 0.416 e. The zero-order valence-electron chi connectivity index (χ0n) is 23.6. The van der Waals surface area contributed by atoms with Crippen LogP contribution in [0.1, 0.15) is 31.8 Å². The molecular weight excluding hydrogens is 547 g/mol. The van der Waals surface area contributed by atoms with E-state index in [1.165, 1.54) is 12.1 Å². The Morgan fingerprint density at radius 1 is 0.881 bits per heavy atom. The van der Waals surface area contributed by atoms with Crippen LogP contribution in [0.3, 0.4) is 0 Å². The summed E-state index contributed by atoms with van der Waals surface area (Å²) in [5.74, 6) is 0.852. The van der Waals surface area contributed by atoms with Crippen LogP contribution in [0.25, 0.3) is 6.08 Å². The Kier molecular flexibility index (Phi) is 10.2. The Labute approximate surface area is 243 Å². The first-order chi connectivity index (χ1) is 20.2. The highest BCUT2D eigenvalue weighted by Crippen LogP contribution is 2.30. The van der Waals surface area contributed by atoms with Crippen molar-refractivity contribution < 1.29 is 32.2 Å². The quantitative estimate of drug-likeness (QED) is 0.324. The first-order valence-corrected chi connectivity index (χ1v) is 13.6. The van der Waals surface area contributed by atoms with Crippen LogP contribution in [0, 0.1) is 0 Å². The zero-order valence-corrected chi connectivity index (χ0v) is 23.6. The van der Waals surface area contributed by atoms with Crippen molar-refractivity contribution in [1.29, 1.82) is 0 Å². The number of nitrogens with zero attached hydrogens (tertiary/aromatic N) is 3. The maximum Gasteiger partial charge on any atom is 0.416 e. The molecule has 0 radical (unpaired) electrons. The number of amides is 2. The van der Waals surface area contributed by atoms with Crippen LogP contribution in [0.4, 0.5) is 13.2 Å². The largest absolute Gasteiger partial charge is 0.497 e. The van der Waals surface area contributed by atoms with E-state index in [9.17, 15) is 22.8 Å². The molecule has 0 aliphatic carbocycles. The molecule has 0 saturated carbocycles. The summed E-state index contributed by atoms with van der Waals surface area (Å²) in [6.07, 6.45) is -0.664. The lowest BCUT2D eigenvalue weighted by molar-refractivity contribution is -0.137. The zero-order chi connectivity index (χ0) is 30.1. The average Bonchev–Trinajstić information content (AvgIpc) is 3.02. The fraction of sp³-hybridized carbons (Fsp3) is 0.312. The van der Waals surface area contributed by atoms with E-state index in [1.54, 1.807) is 48.3 Å². The number of ether oxygens (including phenoxy) is 2. The molecule has 42 heavy (non-hydrogen) atoms. The first kappa shape index (κ1) is 30.6. The Balaban J connectivity index is 1.38. The third kappa shape index (κ3) is 7.91. The summed E-state index contributed by atoms with van der Waals surface area (Å²) in [5.41, 5.74) is 0.626. The predicted molar refractivity (Wildman–Crippen MR) is 155 cm³/mol. The summed E-state index contributed by atoms with van der Waals surface area (Å²) in [6, 6.07) is 19.1. The minimum atomic E-state index is -4.51. The van der Waals surface area contributed by atoms with Crippen molar-refractivity contribution in [2.75, 3.05) is 60.0 Å². The molecular formula is C32H34F3N3O4. The van der Waals surface area contributed by atoms with Gasteiger partial charge in [-0.2, -0.15) is 13.2 Å². The molecule has 1 aliphatic heterocycles. The lowest BCUT2D eigenvalue weighted by Gasteiger charge is -2.36. The van der Waals surface area contributed by atoms with Crippen molar-refractivity contribution in [3.8, 4) is 11.5 Å². The van der Waals surface area contributed by atoms with Gasteiger partial charge >= 0.3 is 6.18 Å². The molecule has 1 saturated heterocycles. The summed E-state index contributed by atoms with van der Waals surface area (Å²) >= 11 is 0.